The van der Waals surface area contributed by atoms with Gasteiger partial charge in [-0.2, -0.15) is 9.82 Å². The van der Waals surface area contributed by atoms with E-state index in [-0.39, 0.29) is 4.90 Å². The zero-order valence-electron chi connectivity index (χ0n) is 7.41. The summed E-state index contributed by atoms with van der Waals surface area (Å²) in [5.74, 6) is -1.45. The van der Waals surface area contributed by atoms with Crippen LogP contribution in [0.25, 0.3) is 0 Å². The number of aliphatic carboxylic acids is 1. The van der Waals surface area contributed by atoms with Gasteiger partial charge in [0.05, 0.1) is 12.8 Å². The van der Waals surface area contributed by atoms with Gasteiger partial charge in [0, 0.05) is 6.20 Å². The molecule has 0 bridgehead atoms. The molecule has 0 unspecified atom stereocenters. The molecule has 0 spiro atoms. The lowest BCUT2D eigenvalue weighted by Gasteiger charge is -2.10. The molecule has 0 aliphatic carbocycles. The van der Waals surface area contributed by atoms with Crippen molar-refractivity contribution in [3.05, 3.63) is 12.4 Å². The van der Waals surface area contributed by atoms with Crippen LogP contribution in [-0.4, -0.2) is 47.4 Å². The first-order valence-electron chi connectivity index (χ1n) is 3.82. The monoisotopic (exact) mass is 235 g/mol. The molecule has 1 heterocycles. The Bertz CT molecular complexity index is 426. The summed E-state index contributed by atoms with van der Waals surface area (Å²) < 4.78 is 24.7. The molecule has 0 aliphatic rings. The SMILES string of the molecule is O=C(O)[C@@H](CO)NS(=O)(=O)c1cn[nH]c1. The highest BCUT2D eigenvalue weighted by Gasteiger charge is 2.25. The smallest absolute Gasteiger partial charge is 0.324 e. The third-order valence-corrected chi connectivity index (χ3v) is 3.00. The van der Waals surface area contributed by atoms with E-state index in [0.717, 1.165) is 12.4 Å². The highest BCUT2D eigenvalue weighted by Crippen LogP contribution is 2.05. The van der Waals surface area contributed by atoms with Crippen molar-refractivity contribution in [3.63, 3.8) is 0 Å². The Morgan fingerprint density at radius 1 is 1.67 bits per heavy atom. The normalized spacial score (nSPS) is 13.7. The van der Waals surface area contributed by atoms with Crippen LogP contribution in [-0.2, 0) is 14.8 Å². The number of sulfonamides is 1. The van der Waals surface area contributed by atoms with E-state index in [2.05, 4.69) is 10.2 Å². The molecular weight excluding hydrogens is 226 g/mol. The molecule has 9 heteroatoms. The molecule has 8 nitrogen and oxygen atoms in total. The molecule has 1 rings (SSSR count). The van der Waals surface area contributed by atoms with Crippen molar-refractivity contribution in [2.24, 2.45) is 0 Å². The molecule has 0 radical (unpaired) electrons. The van der Waals surface area contributed by atoms with Crippen molar-refractivity contribution in [3.8, 4) is 0 Å². The number of hydrogen-bond acceptors (Lipinski definition) is 5. The van der Waals surface area contributed by atoms with Crippen LogP contribution in [0.4, 0.5) is 0 Å². The van der Waals surface area contributed by atoms with E-state index in [9.17, 15) is 13.2 Å². The molecular formula is C6H9N3O5S. The number of hydrogen-bond donors (Lipinski definition) is 4. The third-order valence-electron chi connectivity index (χ3n) is 1.56. The molecule has 0 fully saturated rings. The van der Waals surface area contributed by atoms with Gasteiger partial charge in [-0.1, -0.05) is 0 Å². The Balaban J connectivity index is 2.86. The van der Waals surface area contributed by atoms with Gasteiger partial charge in [0.2, 0.25) is 10.0 Å². The minimum absolute atomic E-state index is 0.192. The van der Waals surface area contributed by atoms with Crippen LogP contribution in [0.2, 0.25) is 0 Å². The predicted octanol–water partition coefficient (Wildman–Crippen LogP) is -1.87. The minimum Gasteiger partial charge on any atom is -0.480 e. The number of nitrogens with zero attached hydrogens (tertiary/aromatic N) is 1. The fourth-order valence-electron chi connectivity index (χ4n) is 0.807. The molecule has 1 aromatic heterocycles. The van der Waals surface area contributed by atoms with Gasteiger partial charge in [-0.15, -0.1) is 0 Å². The standard InChI is InChI=1S/C6H9N3O5S/c10-3-5(6(11)12)9-15(13,14)4-1-7-8-2-4/h1-2,5,9-10H,3H2,(H,7,8)(H,11,12)/t5-/m1/s1. The van der Waals surface area contributed by atoms with Crippen molar-refractivity contribution >= 4 is 16.0 Å². The fourth-order valence-corrected chi connectivity index (χ4v) is 1.89. The summed E-state index contributed by atoms with van der Waals surface area (Å²) in [6.07, 6.45) is 2.12. The van der Waals surface area contributed by atoms with Gasteiger partial charge in [-0.05, 0) is 0 Å². The Morgan fingerprint density at radius 2 is 2.33 bits per heavy atom. The first-order valence-corrected chi connectivity index (χ1v) is 5.30. The summed E-state index contributed by atoms with van der Waals surface area (Å²) in [6.45, 7) is -0.827. The van der Waals surface area contributed by atoms with E-state index in [1.54, 1.807) is 0 Å². The van der Waals surface area contributed by atoms with Crippen molar-refractivity contribution in [2.45, 2.75) is 10.9 Å². The number of nitrogens with one attached hydrogen (secondary N) is 2. The maximum atomic E-state index is 11.4. The van der Waals surface area contributed by atoms with E-state index in [1.807, 2.05) is 4.72 Å². The number of carboxylic acids is 1. The molecule has 1 aromatic rings. The van der Waals surface area contributed by atoms with Crippen molar-refractivity contribution < 1.29 is 23.4 Å². The first kappa shape index (κ1) is 11.6. The topological polar surface area (TPSA) is 132 Å². The molecule has 0 saturated heterocycles. The van der Waals surface area contributed by atoms with Crippen LogP contribution in [0.5, 0.6) is 0 Å². The van der Waals surface area contributed by atoms with Crippen LogP contribution in [0.1, 0.15) is 0 Å². The average molecular weight is 235 g/mol. The number of aromatic amines is 1. The van der Waals surface area contributed by atoms with E-state index in [0.29, 0.717) is 0 Å². The van der Waals surface area contributed by atoms with Gasteiger partial charge in [0.1, 0.15) is 10.9 Å². The fraction of sp³-hybridized carbons (Fsp3) is 0.333. The number of aromatic nitrogens is 2. The molecule has 1 atom stereocenters. The molecule has 15 heavy (non-hydrogen) atoms. The second-order valence-corrected chi connectivity index (χ2v) is 4.34. The molecule has 0 aromatic carbocycles. The zero-order valence-corrected chi connectivity index (χ0v) is 8.23. The number of aliphatic hydroxyl groups is 1. The number of rotatable bonds is 5. The van der Waals surface area contributed by atoms with Crippen LogP contribution in [0, 0.1) is 0 Å². The van der Waals surface area contributed by atoms with Crippen LogP contribution < -0.4 is 4.72 Å². The van der Waals surface area contributed by atoms with Crippen molar-refractivity contribution in [1.29, 1.82) is 0 Å². The Kier molecular flexibility index (Phi) is 3.39. The van der Waals surface area contributed by atoms with Gasteiger partial charge in [0.25, 0.3) is 0 Å². The second kappa shape index (κ2) is 4.38. The minimum atomic E-state index is -3.96. The molecule has 84 valence electrons. The quantitative estimate of drug-likeness (QED) is 0.472. The molecule has 0 aliphatic heterocycles. The number of carbonyl (C=O) groups is 1. The highest BCUT2D eigenvalue weighted by molar-refractivity contribution is 7.89. The average Bonchev–Trinajstić information content (AvgIpc) is 2.67. The molecule has 0 saturated carbocycles. The number of H-pyrrole nitrogens is 1. The van der Waals surface area contributed by atoms with Crippen LogP contribution >= 0.6 is 0 Å². The van der Waals surface area contributed by atoms with Crippen molar-refractivity contribution in [2.75, 3.05) is 6.61 Å². The summed E-state index contributed by atoms with van der Waals surface area (Å²) in [7, 11) is -3.96. The number of carboxylic acid groups (broad SMARTS) is 1. The lowest BCUT2D eigenvalue weighted by atomic mass is 10.3. The number of aliphatic hydroxyl groups excluding tert-OH is 1. The first-order chi connectivity index (χ1) is 6.97. The van der Waals surface area contributed by atoms with Gasteiger partial charge in [0.15, 0.2) is 0 Å². The summed E-state index contributed by atoms with van der Waals surface area (Å²) >= 11 is 0. The Hall–Kier alpha value is -1.45. The van der Waals surface area contributed by atoms with E-state index >= 15 is 0 Å². The maximum Gasteiger partial charge on any atom is 0.324 e. The highest BCUT2D eigenvalue weighted by atomic mass is 32.2. The van der Waals surface area contributed by atoms with Gasteiger partial charge in [-0.3, -0.25) is 9.89 Å². The predicted molar refractivity (Wildman–Crippen MR) is 47.4 cm³/mol. The van der Waals surface area contributed by atoms with Gasteiger partial charge >= 0.3 is 5.97 Å². The lowest BCUT2D eigenvalue weighted by Crippen LogP contribution is -2.43. The maximum absolute atomic E-state index is 11.4. The van der Waals surface area contributed by atoms with Crippen LogP contribution in [0.3, 0.4) is 0 Å². The summed E-state index contributed by atoms with van der Waals surface area (Å²) in [6, 6.07) is -1.56. The Labute approximate surface area is 85.0 Å². The van der Waals surface area contributed by atoms with Gasteiger partial charge in [-0.25, -0.2) is 8.42 Å². The largest absolute Gasteiger partial charge is 0.480 e. The summed E-state index contributed by atoms with van der Waals surface area (Å²) in [5.41, 5.74) is 0. The Morgan fingerprint density at radius 3 is 2.73 bits per heavy atom. The van der Waals surface area contributed by atoms with Gasteiger partial charge < -0.3 is 10.2 Å². The second-order valence-electron chi connectivity index (χ2n) is 2.63. The lowest BCUT2D eigenvalue weighted by molar-refractivity contribution is -0.139. The third kappa shape index (κ3) is 2.75. The van der Waals surface area contributed by atoms with E-state index < -0.39 is 28.6 Å². The van der Waals surface area contributed by atoms with E-state index in [4.69, 9.17) is 10.2 Å². The van der Waals surface area contributed by atoms with Crippen molar-refractivity contribution in [1.82, 2.24) is 14.9 Å². The van der Waals surface area contributed by atoms with E-state index in [1.165, 1.54) is 0 Å². The summed E-state index contributed by atoms with van der Waals surface area (Å²) in [4.78, 5) is 10.3. The zero-order chi connectivity index (χ0) is 11.5. The molecule has 4 N–H and O–H groups in total. The van der Waals surface area contributed by atoms with Crippen LogP contribution in [0.15, 0.2) is 17.3 Å². The molecule has 0 amide bonds. The summed E-state index contributed by atoms with van der Waals surface area (Å²) in [5, 5.41) is 22.8.